The van der Waals surface area contributed by atoms with Crippen molar-refractivity contribution >= 4 is 23.2 Å². The predicted octanol–water partition coefficient (Wildman–Crippen LogP) is 5.93. The quantitative estimate of drug-likeness (QED) is 0.449. The number of anilines is 1. The number of aromatic nitrogens is 2. The normalized spacial score (nSPS) is 15.5. The third-order valence-electron chi connectivity index (χ3n) is 5.36. The number of aromatic amines is 1. The maximum Gasteiger partial charge on any atom is 0.277 e. The lowest BCUT2D eigenvalue weighted by atomic mass is 9.95. The van der Waals surface area contributed by atoms with Crippen LogP contribution in [0.4, 0.5) is 10.1 Å². The van der Waals surface area contributed by atoms with Crippen LogP contribution in [0.25, 0.3) is 11.3 Å². The standard InChI is InChI=1S/C24H17ClFN3O/c1-14-5-11-19(12-6-14)29-23(16-3-2-4-18(26)13-16)20-21(27-28-22(20)24(29)30)15-7-9-17(25)10-8-15/h2-13,23H,1H3,(H,27,28)/t23-/m1/s1. The van der Waals surface area contributed by atoms with Gasteiger partial charge in [0.05, 0.1) is 11.7 Å². The van der Waals surface area contributed by atoms with Crippen LogP contribution in [0.2, 0.25) is 5.02 Å². The molecule has 5 rings (SSSR count). The summed E-state index contributed by atoms with van der Waals surface area (Å²) in [5.74, 6) is -0.551. The summed E-state index contributed by atoms with van der Waals surface area (Å²) in [5, 5.41) is 7.94. The molecular formula is C24H17ClFN3O. The third-order valence-corrected chi connectivity index (χ3v) is 5.61. The second kappa shape index (κ2) is 7.11. The van der Waals surface area contributed by atoms with Gasteiger partial charge in [0, 0.05) is 21.8 Å². The summed E-state index contributed by atoms with van der Waals surface area (Å²) in [6, 6.07) is 20.8. The maximum absolute atomic E-state index is 14.1. The van der Waals surface area contributed by atoms with Gasteiger partial charge in [-0.05, 0) is 48.9 Å². The Bertz CT molecular complexity index is 1250. The predicted molar refractivity (Wildman–Crippen MR) is 115 cm³/mol. The van der Waals surface area contributed by atoms with E-state index in [-0.39, 0.29) is 11.7 Å². The van der Waals surface area contributed by atoms with Gasteiger partial charge >= 0.3 is 0 Å². The fourth-order valence-electron chi connectivity index (χ4n) is 3.94. The number of amides is 1. The maximum atomic E-state index is 14.1. The van der Waals surface area contributed by atoms with Gasteiger partial charge in [-0.2, -0.15) is 5.10 Å². The molecule has 6 heteroatoms. The van der Waals surface area contributed by atoms with Gasteiger partial charge in [0.15, 0.2) is 0 Å². The minimum Gasteiger partial charge on any atom is -0.295 e. The highest BCUT2D eigenvalue weighted by atomic mass is 35.5. The minimum atomic E-state index is -0.504. The second-order valence-electron chi connectivity index (χ2n) is 7.34. The van der Waals surface area contributed by atoms with Gasteiger partial charge in [-0.25, -0.2) is 4.39 Å². The lowest BCUT2D eigenvalue weighted by Gasteiger charge is -2.26. The smallest absolute Gasteiger partial charge is 0.277 e. The Morgan fingerprint density at radius 1 is 1.03 bits per heavy atom. The number of nitrogens with zero attached hydrogens (tertiary/aromatic N) is 2. The number of halogens is 2. The van der Waals surface area contributed by atoms with Gasteiger partial charge in [0.25, 0.3) is 5.91 Å². The number of rotatable bonds is 3. The molecule has 0 bridgehead atoms. The molecule has 1 atom stereocenters. The molecule has 0 spiro atoms. The summed E-state index contributed by atoms with van der Waals surface area (Å²) in [5.41, 5.74) is 5.14. The first kappa shape index (κ1) is 18.6. The molecule has 1 aliphatic heterocycles. The fourth-order valence-corrected chi connectivity index (χ4v) is 4.06. The molecule has 1 amide bonds. The molecule has 0 aliphatic carbocycles. The highest BCUT2D eigenvalue weighted by Crippen LogP contribution is 2.45. The summed E-state index contributed by atoms with van der Waals surface area (Å²) in [6.07, 6.45) is 0. The van der Waals surface area contributed by atoms with Crippen LogP contribution in [0.15, 0.2) is 72.8 Å². The van der Waals surface area contributed by atoms with E-state index >= 15 is 0 Å². The second-order valence-corrected chi connectivity index (χ2v) is 7.77. The number of aryl methyl sites for hydroxylation is 1. The van der Waals surface area contributed by atoms with Crippen molar-refractivity contribution in [1.82, 2.24) is 10.2 Å². The van der Waals surface area contributed by atoms with E-state index in [0.29, 0.717) is 22.0 Å². The topological polar surface area (TPSA) is 49.0 Å². The van der Waals surface area contributed by atoms with Crippen LogP contribution in [-0.2, 0) is 0 Å². The highest BCUT2D eigenvalue weighted by Gasteiger charge is 2.43. The van der Waals surface area contributed by atoms with Crippen LogP contribution in [0.1, 0.15) is 33.2 Å². The van der Waals surface area contributed by atoms with Crippen LogP contribution >= 0.6 is 11.6 Å². The lowest BCUT2D eigenvalue weighted by molar-refractivity contribution is 0.0988. The van der Waals surface area contributed by atoms with Gasteiger partial charge in [-0.15, -0.1) is 0 Å². The van der Waals surface area contributed by atoms with Crippen LogP contribution in [0.3, 0.4) is 0 Å². The first-order valence-electron chi connectivity index (χ1n) is 9.53. The number of benzene rings is 3. The summed E-state index contributed by atoms with van der Waals surface area (Å²) in [4.78, 5) is 15.1. The third kappa shape index (κ3) is 2.99. The molecule has 0 radical (unpaired) electrons. The van der Waals surface area contributed by atoms with Gasteiger partial charge in [-0.3, -0.25) is 14.8 Å². The molecule has 4 aromatic rings. The van der Waals surface area contributed by atoms with E-state index in [2.05, 4.69) is 10.2 Å². The Balaban J connectivity index is 1.72. The van der Waals surface area contributed by atoms with Crippen molar-refractivity contribution in [3.63, 3.8) is 0 Å². The SMILES string of the molecule is Cc1ccc(N2C(=O)c3[nH]nc(-c4ccc(Cl)cc4)c3[C@H]2c2cccc(F)c2)cc1. The van der Waals surface area contributed by atoms with E-state index in [9.17, 15) is 9.18 Å². The average molecular weight is 418 g/mol. The molecule has 1 N–H and O–H groups in total. The van der Waals surface area contributed by atoms with Crippen molar-refractivity contribution in [3.8, 4) is 11.3 Å². The number of H-pyrrole nitrogens is 1. The molecule has 0 unspecified atom stereocenters. The number of nitrogens with one attached hydrogen (secondary N) is 1. The summed E-state index contributed by atoms with van der Waals surface area (Å²) < 4.78 is 14.1. The number of carbonyl (C=O) groups is 1. The number of hydrogen-bond donors (Lipinski definition) is 1. The molecule has 1 aliphatic rings. The van der Waals surface area contributed by atoms with Crippen molar-refractivity contribution in [3.05, 3.63) is 106 Å². The molecule has 30 heavy (non-hydrogen) atoms. The van der Waals surface area contributed by atoms with E-state index < -0.39 is 6.04 Å². The van der Waals surface area contributed by atoms with Gasteiger partial charge in [-0.1, -0.05) is 53.6 Å². The van der Waals surface area contributed by atoms with E-state index in [1.54, 1.807) is 23.1 Å². The van der Waals surface area contributed by atoms with E-state index in [0.717, 1.165) is 22.4 Å². The van der Waals surface area contributed by atoms with Crippen molar-refractivity contribution in [2.24, 2.45) is 0 Å². The van der Waals surface area contributed by atoms with Crippen molar-refractivity contribution in [2.75, 3.05) is 4.90 Å². The van der Waals surface area contributed by atoms with Gasteiger partial charge in [0.1, 0.15) is 11.5 Å². The molecule has 148 valence electrons. The Hall–Kier alpha value is -3.44. The van der Waals surface area contributed by atoms with Gasteiger partial charge < -0.3 is 0 Å². The molecule has 3 aromatic carbocycles. The molecule has 2 heterocycles. The van der Waals surface area contributed by atoms with Crippen LogP contribution in [0, 0.1) is 12.7 Å². The van der Waals surface area contributed by atoms with Crippen molar-refractivity contribution < 1.29 is 9.18 Å². The first-order valence-corrected chi connectivity index (χ1v) is 9.90. The van der Waals surface area contributed by atoms with Crippen molar-refractivity contribution in [1.29, 1.82) is 0 Å². The summed E-state index contributed by atoms with van der Waals surface area (Å²) in [6.45, 7) is 1.99. The Kier molecular flexibility index (Phi) is 4.40. The first-order chi connectivity index (χ1) is 14.5. The fraction of sp³-hybridized carbons (Fsp3) is 0.0833. The number of carbonyl (C=O) groups excluding carboxylic acids is 1. The molecule has 0 saturated carbocycles. The zero-order valence-electron chi connectivity index (χ0n) is 16.1. The van der Waals surface area contributed by atoms with E-state index in [1.165, 1.54) is 12.1 Å². The Morgan fingerprint density at radius 2 is 1.77 bits per heavy atom. The van der Waals surface area contributed by atoms with E-state index in [4.69, 9.17) is 11.6 Å². The van der Waals surface area contributed by atoms with Crippen LogP contribution < -0.4 is 4.90 Å². The summed E-state index contributed by atoms with van der Waals surface area (Å²) in [7, 11) is 0. The zero-order chi connectivity index (χ0) is 20.8. The number of fused-ring (bicyclic) bond motifs is 1. The van der Waals surface area contributed by atoms with Gasteiger partial charge in [0.2, 0.25) is 0 Å². The molecule has 0 fully saturated rings. The minimum absolute atomic E-state index is 0.198. The zero-order valence-corrected chi connectivity index (χ0v) is 16.8. The summed E-state index contributed by atoms with van der Waals surface area (Å²) >= 11 is 6.04. The van der Waals surface area contributed by atoms with Crippen LogP contribution in [-0.4, -0.2) is 16.1 Å². The van der Waals surface area contributed by atoms with Crippen LogP contribution in [0.5, 0.6) is 0 Å². The molecule has 1 aromatic heterocycles. The Morgan fingerprint density at radius 3 is 2.47 bits per heavy atom. The van der Waals surface area contributed by atoms with Crippen molar-refractivity contribution in [2.45, 2.75) is 13.0 Å². The largest absolute Gasteiger partial charge is 0.295 e. The molecule has 0 saturated heterocycles. The molecular weight excluding hydrogens is 401 g/mol. The highest BCUT2D eigenvalue weighted by molar-refractivity contribution is 6.30. The Labute approximate surface area is 177 Å². The average Bonchev–Trinajstić information content (AvgIpc) is 3.28. The molecule has 4 nitrogen and oxygen atoms in total. The monoisotopic (exact) mass is 417 g/mol. The lowest BCUT2D eigenvalue weighted by Crippen LogP contribution is -2.29. The number of hydrogen-bond acceptors (Lipinski definition) is 2. The van der Waals surface area contributed by atoms with E-state index in [1.807, 2.05) is 49.4 Å².